The van der Waals surface area contributed by atoms with Gasteiger partial charge in [-0.2, -0.15) is 0 Å². The fourth-order valence-electron chi connectivity index (χ4n) is 2.08. The molecule has 0 radical (unpaired) electrons. The summed E-state index contributed by atoms with van der Waals surface area (Å²) >= 11 is 0. The second-order valence-corrected chi connectivity index (χ2v) is 5.08. The van der Waals surface area contributed by atoms with Crippen molar-refractivity contribution in [2.45, 2.75) is 39.2 Å². The van der Waals surface area contributed by atoms with Crippen LogP contribution < -0.4 is 10.6 Å². The molecule has 0 aromatic carbocycles. The maximum atomic E-state index is 11.8. The smallest absolute Gasteiger partial charge is 0.303 e. The number of carbonyl (C=O) groups is 2. The fourth-order valence-corrected chi connectivity index (χ4v) is 2.08. The van der Waals surface area contributed by atoms with E-state index >= 15 is 0 Å². The molecule has 5 nitrogen and oxygen atoms in total. The van der Waals surface area contributed by atoms with Gasteiger partial charge in [0.2, 0.25) is 5.91 Å². The summed E-state index contributed by atoms with van der Waals surface area (Å²) in [6, 6.07) is -0.115. The Hall–Kier alpha value is -1.10. The molecule has 1 rings (SSSR count). The Morgan fingerprint density at radius 3 is 2.82 bits per heavy atom. The highest BCUT2D eigenvalue weighted by molar-refractivity contribution is 5.81. The van der Waals surface area contributed by atoms with Crippen molar-refractivity contribution in [2.75, 3.05) is 13.1 Å². The van der Waals surface area contributed by atoms with Crippen molar-refractivity contribution in [2.24, 2.45) is 11.8 Å². The molecule has 0 spiro atoms. The average Bonchev–Trinajstić information content (AvgIpc) is 2.25. The highest BCUT2D eigenvalue weighted by Crippen LogP contribution is 2.15. The van der Waals surface area contributed by atoms with Gasteiger partial charge in [-0.15, -0.1) is 0 Å². The molecule has 0 bridgehead atoms. The number of carboxylic acids is 1. The summed E-state index contributed by atoms with van der Waals surface area (Å²) in [7, 11) is 0. The first-order valence-electron chi connectivity index (χ1n) is 6.22. The van der Waals surface area contributed by atoms with Gasteiger partial charge in [-0.05, 0) is 31.2 Å². The monoisotopic (exact) mass is 242 g/mol. The predicted molar refractivity (Wildman–Crippen MR) is 64.6 cm³/mol. The number of aliphatic carboxylic acids is 1. The van der Waals surface area contributed by atoms with Crippen LogP contribution in [-0.2, 0) is 9.59 Å². The fraction of sp³-hybridized carbons (Fsp3) is 0.833. The molecule has 17 heavy (non-hydrogen) atoms. The largest absolute Gasteiger partial charge is 0.481 e. The molecule has 1 aliphatic rings. The van der Waals surface area contributed by atoms with Crippen molar-refractivity contribution >= 4 is 11.9 Å². The van der Waals surface area contributed by atoms with E-state index in [1.54, 1.807) is 0 Å². The van der Waals surface area contributed by atoms with Crippen molar-refractivity contribution < 1.29 is 14.7 Å². The zero-order valence-electron chi connectivity index (χ0n) is 10.5. The van der Waals surface area contributed by atoms with E-state index in [4.69, 9.17) is 5.11 Å². The zero-order chi connectivity index (χ0) is 12.8. The molecule has 3 N–H and O–H groups in total. The summed E-state index contributed by atoms with van der Waals surface area (Å²) in [5, 5.41) is 14.6. The lowest BCUT2D eigenvalue weighted by molar-refractivity contribution is -0.138. The highest BCUT2D eigenvalue weighted by atomic mass is 16.4. The van der Waals surface area contributed by atoms with Gasteiger partial charge in [0, 0.05) is 13.0 Å². The van der Waals surface area contributed by atoms with Crippen LogP contribution in [0.5, 0.6) is 0 Å². The van der Waals surface area contributed by atoms with Crippen molar-refractivity contribution in [1.82, 2.24) is 10.6 Å². The third-order valence-corrected chi connectivity index (χ3v) is 3.13. The lowest BCUT2D eigenvalue weighted by Gasteiger charge is -2.27. The minimum absolute atomic E-state index is 0.00575. The van der Waals surface area contributed by atoms with E-state index < -0.39 is 5.97 Å². The molecular formula is C12H22N2O3. The number of hydrogen-bond donors (Lipinski definition) is 3. The van der Waals surface area contributed by atoms with Crippen molar-refractivity contribution in [3.63, 3.8) is 0 Å². The summed E-state index contributed by atoms with van der Waals surface area (Å²) in [6.45, 7) is 5.28. The van der Waals surface area contributed by atoms with Crippen LogP contribution in [0.4, 0.5) is 0 Å². The Balaban J connectivity index is 2.26. The van der Waals surface area contributed by atoms with Crippen LogP contribution in [0.1, 0.15) is 33.1 Å². The predicted octanol–water partition coefficient (Wildman–Crippen LogP) is 0.602. The van der Waals surface area contributed by atoms with E-state index in [1.807, 2.05) is 6.92 Å². The lowest BCUT2D eigenvalue weighted by atomic mass is 9.94. The van der Waals surface area contributed by atoms with Gasteiger partial charge in [0.25, 0.3) is 0 Å². The van der Waals surface area contributed by atoms with Crippen LogP contribution in [0.15, 0.2) is 0 Å². The third kappa shape index (κ3) is 5.17. The maximum absolute atomic E-state index is 11.8. The molecule has 0 aromatic rings. The molecule has 0 aliphatic carbocycles. The quantitative estimate of drug-likeness (QED) is 0.659. The molecule has 3 atom stereocenters. The van der Waals surface area contributed by atoms with E-state index in [1.165, 1.54) is 0 Å². The van der Waals surface area contributed by atoms with E-state index in [9.17, 15) is 9.59 Å². The first kappa shape index (κ1) is 14.0. The van der Waals surface area contributed by atoms with Gasteiger partial charge in [-0.25, -0.2) is 0 Å². The van der Waals surface area contributed by atoms with Crippen LogP contribution in [0.2, 0.25) is 0 Å². The molecule has 5 heteroatoms. The first-order chi connectivity index (χ1) is 7.99. The second-order valence-electron chi connectivity index (χ2n) is 5.08. The van der Waals surface area contributed by atoms with Gasteiger partial charge < -0.3 is 15.7 Å². The second kappa shape index (κ2) is 6.59. The van der Waals surface area contributed by atoms with Gasteiger partial charge in [-0.1, -0.05) is 13.8 Å². The maximum Gasteiger partial charge on any atom is 0.303 e. The van der Waals surface area contributed by atoms with Gasteiger partial charge >= 0.3 is 5.97 Å². The Bertz CT molecular complexity index is 281. The summed E-state index contributed by atoms with van der Waals surface area (Å²) in [4.78, 5) is 22.3. The number of carbonyl (C=O) groups excluding carboxylic acids is 1. The Labute approximate surface area is 102 Å². The SMILES string of the molecule is CC(CNC(=O)C1CC(C)CCN1)CC(=O)O. The van der Waals surface area contributed by atoms with Crippen LogP contribution in [0.25, 0.3) is 0 Å². The molecule has 1 fully saturated rings. The van der Waals surface area contributed by atoms with Crippen molar-refractivity contribution in [3.05, 3.63) is 0 Å². The van der Waals surface area contributed by atoms with Crippen molar-refractivity contribution in [1.29, 1.82) is 0 Å². The zero-order valence-corrected chi connectivity index (χ0v) is 10.5. The van der Waals surface area contributed by atoms with Gasteiger partial charge in [0.1, 0.15) is 0 Å². The highest BCUT2D eigenvalue weighted by Gasteiger charge is 2.24. The van der Waals surface area contributed by atoms with Crippen LogP contribution in [0.3, 0.4) is 0 Å². The average molecular weight is 242 g/mol. The minimum Gasteiger partial charge on any atom is -0.481 e. The first-order valence-corrected chi connectivity index (χ1v) is 6.22. The Morgan fingerprint density at radius 1 is 1.53 bits per heavy atom. The lowest BCUT2D eigenvalue weighted by Crippen LogP contribution is -2.49. The van der Waals surface area contributed by atoms with Crippen LogP contribution >= 0.6 is 0 Å². The molecule has 98 valence electrons. The van der Waals surface area contributed by atoms with Gasteiger partial charge in [-0.3, -0.25) is 9.59 Å². The minimum atomic E-state index is -0.823. The molecule has 0 saturated carbocycles. The molecule has 1 amide bonds. The summed E-state index contributed by atoms with van der Waals surface area (Å²) in [5.41, 5.74) is 0. The summed E-state index contributed by atoms with van der Waals surface area (Å²) in [5.74, 6) is -0.286. The Morgan fingerprint density at radius 2 is 2.24 bits per heavy atom. The third-order valence-electron chi connectivity index (χ3n) is 3.13. The summed E-state index contributed by atoms with van der Waals surface area (Å²) in [6.07, 6.45) is 2.06. The number of hydrogen-bond acceptors (Lipinski definition) is 3. The molecule has 3 unspecified atom stereocenters. The summed E-state index contributed by atoms with van der Waals surface area (Å²) < 4.78 is 0. The van der Waals surface area contributed by atoms with Gasteiger partial charge in [0.05, 0.1) is 6.04 Å². The van der Waals surface area contributed by atoms with E-state index in [0.717, 1.165) is 19.4 Å². The van der Waals surface area contributed by atoms with Gasteiger partial charge in [0.15, 0.2) is 0 Å². The number of amides is 1. The van der Waals surface area contributed by atoms with E-state index in [0.29, 0.717) is 12.5 Å². The van der Waals surface area contributed by atoms with E-state index in [-0.39, 0.29) is 24.3 Å². The molecule has 1 aliphatic heterocycles. The molecule has 0 aromatic heterocycles. The normalized spacial score (nSPS) is 26.2. The Kier molecular flexibility index (Phi) is 5.41. The number of rotatable bonds is 5. The number of carboxylic acid groups (broad SMARTS) is 1. The number of piperidine rings is 1. The van der Waals surface area contributed by atoms with E-state index in [2.05, 4.69) is 17.6 Å². The molecule has 1 saturated heterocycles. The van der Waals surface area contributed by atoms with Crippen LogP contribution in [-0.4, -0.2) is 36.1 Å². The molecule has 1 heterocycles. The van der Waals surface area contributed by atoms with Crippen molar-refractivity contribution in [3.8, 4) is 0 Å². The van der Waals surface area contributed by atoms with Crippen LogP contribution in [0, 0.1) is 11.8 Å². The molecular weight excluding hydrogens is 220 g/mol. The topological polar surface area (TPSA) is 78.4 Å². The number of nitrogens with one attached hydrogen (secondary N) is 2. The standard InChI is InChI=1S/C12H22N2O3/c1-8-3-4-13-10(5-8)12(17)14-7-9(2)6-11(15)16/h8-10,13H,3-7H2,1-2H3,(H,14,17)(H,15,16).